The molecule has 0 atom stereocenters. The van der Waals surface area contributed by atoms with Crippen molar-refractivity contribution >= 4 is 27.5 Å². The van der Waals surface area contributed by atoms with E-state index in [4.69, 9.17) is 0 Å². The molecule has 2 aromatic rings. The Morgan fingerprint density at radius 3 is 2.76 bits per heavy atom. The predicted octanol–water partition coefficient (Wildman–Crippen LogP) is 3.25. The second-order valence-corrected chi connectivity index (χ2v) is 4.91. The van der Waals surface area contributed by atoms with Crippen LogP contribution in [0.1, 0.15) is 5.69 Å². The molecule has 2 rings (SSSR count). The van der Waals surface area contributed by atoms with E-state index in [2.05, 4.69) is 36.2 Å². The highest BCUT2D eigenvalue weighted by molar-refractivity contribution is 9.10. The van der Waals surface area contributed by atoms with Crippen LogP contribution in [0.3, 0.4) is 0 Å². The Labute approximate surface area is 125 Å². The molecule has 0 radical (unpaired) electrons. The first-order valence-corrected chi connectivity index (χ1v) is 6.46. The number of aromatic nitrogens is 2. The third-order valence-electron chi connectivity index (χ3n) is 2.35. The number of carbonyl (C=O) groups is 1. The number of hydrogen-bond acceptors (Lipinski definition) is 3. The highest BCUT2D eigenvalue weighted by atomic mass is 79.9. The molecular formula is C12H9BrF3N3O2. The zero-order valence-electron chi connectivity index (χ0n) is 10.4. The lowest BCUT2D eigenvalue weighted by Gasteiger charge is -2.14. The molecule has 0 unspecified atom stereocenters. The number of rotatable bonds is 4. The number of nitrogens with zero attached hydrogens (tertiary/aromatic N) is 1. The lowest BCUT2D eigenvalue weighted by molar-refractivity contribution is -0.274. The van der Waals surface area contributed by atoms with Crippen LogP contribution in [-0.2, 0) is 11.2 Å². The van der Waals surface area contributed by atoms with Gasteiger partial charge in [0.25, 0.3) is 0 Å². The van der Waals surface area contributed by atoms with E-state index in [-0.39, 0.29) is 12.1 Å². The minimum atomic E-state index is -4.84. The third kappa shape index (κ3) is 4.78. The summed E-state index contributed by atoms with van der Waals surface area (Å²) in [4.78, 5) is 11.8. The molecule has 0 aliphatic heterocycles. The quantitative estimate of drug-likeness (QED) is 0.875. The molecule has 0 fully saturated rings. The molecule has 5 nitrogen and oxygen atoms in total. The average molecular weight is 364 g/mol. The SMILES string of the molecule is O=C(Cc1ccn[nH]1)Nc1ccc(Br)cc1OC(F)(F)F. The zero-order chi connectivity index (χ0) is 15.5. The minimum Gasteiger partial charge on any atom is -0.404 e. The van der Waals surface area contributed by atoms with E-state index in [1.165, 1.54) is 18.3 Å². The molecule has 2 N–H and O–H groups in total. The van der Waals surface area contributed by atoms with Crippen molar-refractivity contribution in [2.24, 2.45) is 0 Å². The topological polar surface area (TPSA) is 67.0 Å². The Kier molecular flexibility index (Phi) is 4.51. The van der Waals surface area contributed by atoms with E-state index in [1.807, 2.05) is 0 Å². The molecule has 1 amide bonds. The number of nitrogens with one attached hydrogen (secondary N) is 2. The van der Waals surface area contributed by atoms with Gasteiger partial charge in [-0.1, -0.05) is 15.9 Å². The summed E-state index contributed by atoms with van der Waals surface area (Å²) in [6, 6.07) is 5.53. The maximum absolute atomic E-state index is 12.3. The summed E-state index contributed by atoms with van der Waals surface area (Å²) in [7, 11) is 0. The van der Waals surface area contributed by atoms with Crippen molar-refractivity contribution in [2.45, 2.75) is 12.8 Å². The largest absolute Gasteiger partial charge is 0.573 e. The molecule has 1 aromatic carbocycles. The maximum Gasteiger partial charge on any atom is 0.573 e. The lowest BCUT2D eigenvalue weighted by Crippen LogP contribution is -2.20. The molecular weight excluding hydrogens is 355 g/mol. The van der Waals surface area contributed by atoms with E-state index in [0.717, 1.165) is 6.07 Å². The first-order valence-electron chi connectivity index (χ1n) is 5.67. The Morgan fingerprint density at radius 1 is 1.38 bits per heavy atom. The number of hydrogen-bond donors (Lipinski definition) is 2. The van der Waals surface area contributed by atoms with Crippen molar-refractivity contribution in [2.75, 3.05) is 5.32 Å². The number of halogens is 4. The standard InChI is InChI=1S/C12H9BrF3N3O2/c13-7-1-2-9(10(5-7)21-12(14,15)16)18-11(20)6-8-3-4-17-19-8/h1-5H,6H2,(H,17,19)(H,18,20). The number of benzene rings is 1. The molecule has 9 heteroatoms. The molecule has 0 aliphatic carbocycles. The van der Waals surface area contributed by atoms with Crippen molar-refractivity contribution < 1.29 is 22.7 Å². The van der Waals surface area contributed by atoms with Crippen LogP contribution in [0, 0.1) is 0 Å². The molecule has 21 heavy (non-hydrogen) atoms. The van der Waals surface area contributed by atoms with Gasteiger partial charge in [-0.15, -0.1) is 13.2 Å². The van der Waals surface area contributed by atoms with Crippen LogP contribution in [0.2, 0.25) is 0 Å². The highest BCUT2D eigenvalue weighted by Crippen LogP contribution is 2.33. The van der Waals surface area contributed by atoms with Gasteiger partial charge < -0.3 is 10.1 Å². The van der Waals surface area contributed by atoms with Crippen molar-refractivity contribution in [1.29, 1.82) is 0 Å². The van der Waals surface area contributed by atoms with Crippen molar-refractivity contribution in [3.63, 3.8) is 0 Å². The lowest BCUT2D eigenvalue weighted by atomic mass is 10.2. The van der Waals surface area contributed by atoms with Gasteiger partial charge in [0.2, 0.25) is 5.91 Å². The number of H-pyrrole nitrogens is 1. The monoisotopic (exact) mass is 363 g/mol. The van der Waals surface area contributed by atoms with Gasteiger partial charge in [0.05, 0.1) is 12.1 Å². The summed E-state index contributed by atoms with van der Waals surface area (Å²) in [5.74, 6) is -0.983. The Balaban J connectivity index is 2.13. The normalized spacial score (nSPS) is 11.2. The molecule has 0 aliphatic rings. The van der Waals surface area contributed by atoms with E-state index in [9.17, 15) is 18.0 Å². The third-order valence-corrected chi connectivity index (χ3v) is 2.85. The summed E-state index contributed by atoms with van der Waals surface area (Å²) < 4.78 is 41.3. The minimum absolute atomic E-state index is 0.0402. The summed E-state index contributed by atoms with van der Waals surface area (Å²) in [6.07, 6.45) is -3.41. The van der Waals surface area contributed by atoms with E-state index in [1.54, 1.807) is 6.07 Å². The Bertz CT molecular complexity index is 629. The van der Waals surface area contributed by atoms with E-state index < -0.39 is 18.0 Å². The fourth-order valence-electron chi connectivity index (χ4n) is 1.56. The van der Waals surface area contributed by atoms with Gasteiger partial charge in [-0.3, -0.25) is 9.89 Å². The van der Waals surface area contributed by atoms with Crippen LogP contribution in [0.15, 0.2) is 34.9 Å². The highest BCUT2D eigenvalue weighted by Gasteiger charge is 2.32. The van der Waals surface area contributed by atoms with Gasteiger partial charge in [0, 0.05) is 16.4 Å². The van der Waals surface area contributed by atoms with E-state index >= 15 is 0 Å². The van der Waals surface area contributed by atoms with Crippen LogP contribution in [-0.4, -0.2) is 22.5 Å². The second kappa shape index (κ2) is 6.17. The van der Waals surface area contributed by atoms with Crippen LogP contribution in [0.25, 0.3) is 0 Å². The zero-order valence-corrected chi connectivity index (χ0v) is 12.0. The van der Waals surface area contributed by atoms with Gasteiger partial charge in [-0.25, -0.2) is 0 Å². The summed E-state index contributed by atoms with van der Waals surface area (Å²) in [5, 5.41) is 8.63. The van der Waals surface area contributed by atoms with Gasteiger partial charge >= 0.3 is 6.36 Å². The summed E-state index contributed by atoms with van der Waals surface area (Å²) in [5.41, 5.74) is 0.475. The van der Waals surface area contributed by atoms with Gasteiger partial charge in [-0.05, 0) is 24.3 Å². The van der Waals surface area contributed by atoms with Gasteiger partial charge in [-0.2, -0.15) is 5.10 Å². The Morgan fingerprint density at radius 2 is 2.14 bits per heavy atom. The fourth-order valence-corrected chi connectivity index (χ4v) is 1.90. The first kappa shape index (κ1) is 15.4. The van der Waals surface area contributed by atoms with Gasteiger partial charge in [0.15, 0.2) is 5.75 Å². The fraction of sp³-hybridized carbons (Fsp3) is 0.167. The molecule has 1 aromatic heterocycles. The molecule has 0 spiro atoms. The maximum atomic E-state index is 12.3. The first-order chi connectivity index (χ1) is 9.83. The summed E-state index contributed by atoms with van der Waals surface area (Å²) in [6.45, 7) is 0. The van der Waals surface area contributed by atoms with Crippen LogP contribution >= 0.6 is 15.9 Å². The molecule has 0 saturated heterocycles. The molecule has 112 valence electrons. The number of ether oxygens (including phenoxy) is 1. The van der Waals surface area contributed by atoms with Gasteiger partial charge in [0.1, 0.15) is 0 Å². The number of anilines is 1. The molecule has 0 bridgehead atoms. The van der Waals surface area contributed by atoms with Crippen molar-refractivity contribution in [3.05, 3.63) is 40.6 Å². The van der Waals surface area contributed by atoms with Crippen LogP contribution < -0.4 is 10.1 Å². The second-order valence-electron chi connectivity index (χ2n) is 4.00. The van der Waals surface area contributed by atoms with Crippen LogP contribution in [0.4, 0.5) is 18.9 Å². The number of aromatic amines is 1. The number of carbonyl (C=O) groups excluding carboxylic acids is 1. The van der Waals surface area contributed by atoms with E-state index in [0.29, 0.717) is 10.2 Å². The smallest absolute Gasteiger partial charge is 0.404 e. The van der Waals surface area contributed by atoms with Crippen LogP contribution in [0.5, 0.6) is 5.75 Å². The summed E-state index contributed by atoms with van der Waals surface area (Å²) >= 11 is 3.05. The molecule has 1 heterocycles. The Hall–Kier alpha value is -2.03. The van der Waals surface area contributed by atoms with Crippen molar-refractivity contribution in [3.8, 4) is 5.75 Å². The number of amides is 1. The number of alkyl halides is 3. The van der Waals surface area contributed by atoms with Crippen molar-refractivity contribution in [1.82, 2.24) is 10.2 Å². The molecule has 0 saturated carbocycles. The average Bonchev–Trinajstić information content (AvgIpc) is 2.83. The predicted molar refractivity (Wildman–Crippen MR) is 71.7 cm³/mol.